The minimum absolute atomic E-state index is 0. The fourth-order valence-corrected chi connectivity index (χ4v) is 0. The summed E-state index contributed by atoms with van der Waals surface area (Å²) >= 11 is 0. The molecule has 0 aliphatic carbocycles. The van der Waals surface area contributed by atoms with Crippen LogP contribution in [0, 0.1) is 0 Å². The molecule has 0 amide bonds. The molecular formula is H13LiO7. The zero-order chi connectivity index (χ0) is 0. The van der Waals surface area contributed by atoms with Crippen LogP contribution in [0.2, 0.25) is 0 Å². The Morgan fingerprint density at radius 2 is 0.375 bits per heavy atom. The Balaban J connectivity index is 0. The molecule has 0 spiro atoms. The minimum Gasteiger partial charge on any atom is -0.870 e. The maximum absolute atomic E-state index is 0. The first kappa shape index (κ1) is 4420. The molecule has 8 heteroatoms. The van der Waals surface area contributed by atoms with Gasteiger partial charge in [0.15, 0.2) is 0 Å². The summed E-state index contributed by atoms with van der Waals surface area (Å²) in [4.78, 5) is 0. The summed E-state index contributed by atoms with van der Waals surface area (Å²) in [5.74, 6) is 0. The summed E-state index contributed by atoms with van der Waals surface area (Å²) in [7, 11) is 0. The quantitative estimate of drug-likeness (QED) is 0.287. The van der Waals surface area contributed by atoms with Crippen LogP contribution in [0.1, 0.15) is 0 Å². The van der Waals surface area contributed by atoms with Gasteiger partial charge in [-0.1, -0.05) is 0 Å². The van der Waals surface area contributed by atoms with Gasteiger partial charge < -0.3 is 38.3 Å². The van der Waals surface area contributed by atoms with E-state index in [1.165, 1.54) is 0 Å². The van der Waals surface area contributed by atoms with Gasteiger partial charge in [-0.15, -0.1) is 0 Å². The molecule has 7 nitrogen and oxygen atoms in total. The number of rotatable bonds is 0. The van der Waals surface area contributed by atoms with Crippen LogP contribution in [-0.2, 0) is 0 Å². The first-order valence-corrected chi connectivity index (χ1v) is 0. The predicted octanol–water partition coefficient (Wildman–Crippen LogP) is -8.12. The molecular weight excluding hydrogens is 119 g/mol. The third-order valence-corrected chi connectivity index (χ3v) is 0. The summed E-state index contributed by atoms with van der Waals surface area (Å²) in [6, 6.07) is 0. The van der Waals surface area contributed by atoms with Crippen LogP contribution < -0.4 is 18.9 Å². The third kappa shape index (κ3) is 1770. The van der Waals surface area contributed by atoms with Crippen LogP contribution >= 0.6 is 0 Å². The van der Waals surface area contributed by atoms with Crippen molar-refractivity contribution in [3.63, 3.8) is 0 Å². The van der Waals surface area contributed by atoms with Gasteiger partial charge in [-0.25, -0.2) is 0 Å². The van der Waals surface area contributed by atoms with E-state index in [1.807, 2.05) is 0 Å². The molecule has 56 valence electrons. The molecule has 13 N–H and O–H groups in total. The largest absolute Gasteiger partial charge is 1.00 e. The van der Waals surface area contributed by atoms with Gasteiger partial charge in [0.25, 0.3) is 0 Å². The van der Waals surface area contributed by atoms with Crippen molar-refractivity contribution in [3.05, 3.63) is 0 Å². The molecule has 0 saturated carbocycles. The molecule has 0 radical (unpaired) electrons. The first-order valence-electron chi connectivity index (χ1n) is 0. The maximum Gasteiger partial charge on any atom is 1.00 e. The Morgan fingerprint density at radius 1 is 0.375 bits per heavy atom. The van der Waals surface area contributed by atoms with Crippen LogP contribution in [0.15, 0.2) is 0 Å². The minimum atomic E-state index is 0. The molecule has 0 aliphatic heterocycles. The van der Waals surface area contributed by atoms with Gasteiger partial charge in [-0.3, -0.25) is 0 Å². The number of hydrogen-bond donors (Lipinski definition) is 0. The van der Waals surface area contributed by atoms with Gasteiger partial charge in [0.1, 0.15) is 0 Å². The summed E-state index contributed by atoms with van der Waals surface area (Å²) in [6.07, 6.45) is 0. The second kappa shape index (κ2) is 2900. The molecule has 0 bridgehead atoms. The maximum atomic E-state index is 0. The van der Waals surface area contributed by atoms with E-state index in [0.29, 0.717) is 0 Å². The Bertz CT molecular complexity index is 4.35. The molecule has 0 aromatic carbocycles. The third-order valence-electron chi connectivity index (χ3n) is 0. The van der Waals surface area contributed by atoms with Gasteiger partial charge in [0.2, 0.25) is 0 Å². The van der Waals surface area contributed by atoms with Gasteiger partial charge in [0.05, 0.1) is 0 Å². The van der Waals surface area contributed by atoms with E-state index in [9.17, 15) is 0 Å². The van der Waals surface area contributed by atoms with Crippen molar-refractivity contribution in [2.45, 2.75) is 0 Å². The van der Waals surface area contributed by atoms with Crippen molar-refractivity contribution < 1.29 is 57.2 Å². The molecule has 0 heterocycles. The normalized spacial score (nSPS) is 0. The van der Waals surface area contributed by atoms with Crippen LogP contribution in [0.3, 0.4) is 0 Å². The monoisotopic (exact) mass is 132 g/mol. The molecule has 8 heavy (non-hydrogen) atoms. The first-order chi connectivity index (χ1) is 0. The Labute approximate surface area is 58.0 Å². The average molecular weight is 132 g/mol. The molecule has 0 unspecified atom stereocenters. The SMILES string of the molecule is O.O.O.O.O.O.[Li+].[OH-]. The molecule has 0 atom stereocenters. The van der Waals surface area contributed by atoms with Crippen LogP contribution in [0.5, 0.6) is 0 Å². The number of hydrogen-bond acceptors (Lipinski definition) is 1. The summed E-state index contributed by atoms with van der Waals surface area (Å²) in [6.45, 7) is 0. The second-order valence-electron chi connectivity index (χ2n) is 0. The van der Waals surface area contributed by atoms with Crippen molar-refractivity contribution in [2.24, 2.45) is 0 Å². The molecule has 0 fully saturated rings. The topological polar surface area (TPSA) is 219 Å². The fourth-order valence-electron chi connectivity index (χ4n) is 0. The van der Waals surface area contributed by atoms with Gasteiger partial charge in [0, 0.05) is 0 Å². The second-order valence-corrected chi connectivity index (χ2v) is 0. The smallest absolute Gasteiger partial charge is 0.870 e. The van der Waals surface area contributed by atoms with E-state index in [1.54, 1.807) is 0 Å². The summed E-state index contributed by atoms with van der Waals surface area (Å²) in [5, 5.41) is 0. The Hall–Kier alpha value is 0.317. The molecule has 0 saturated heterocycles. The predicted molar refractivity (Wildman–Crippen MR) is 23.6 cm³/mol. The molecule has 0 aliphatic rings. The average Bonchev–Trinajstić information content (AvgIpc) is 0. The van der Waals surface area contributed by atoms with Crippen molar-refractivity contribution in [2.75, 3.05) is 0 Å². The van der Waals surface area contributed by atoms with E-state index >= 15 is 0 Å². The van der Waals surface area contributed by atoms with E-state index in [2.05, 4.69) is 0 Å². The van der Waals surface area contributed by atoms with E-state index in [-0.39, 0.29) is 57.2 Å². The zero-order valence-corrected chi connectivity index (χ0v) is 4.45. The Morgan fingerprint density at radius 3 is 0.375 bits per heavy atom. The van der Waals surface area contributed by atoms with Gasteiger partial charge >= 0.3 is 18.9 Å². The molecule has 0 rings (SSSR count). The fraction of sp³-hybridized carbons (Fsp3) is 0. The summed E-state index contributed by atoms with van der Waals surface area (Å²) in [5.41, 5.74) is 0. The standard InChI is InChI=1S/Li.7H2O/h;7*1H2/q+1;;;;;;;/p-1. The summed E-state index contributed by atoms with van der Waals surface area (Å²) < 4.78 is 0. The van der Waals surface area contributed by atoms with Crippen molar-refractivity contribution >= 4 is 0 Å². The van der Waals surface area contributed by atoms with E-state index in [0.717, 1.165) is 0 Å². The van der Waals surface area contributed by atoms with Crippen molar-refractivity contribution in [1.82, 2.24) is 0 Å². The van der Waals surface area contributed by atoms with Crippen LogP contribution in [0.4, 0.5) is 0 Å². The van der Waals surface area contributed by atoms with Crippen molar-refractivity contribution in [1.29, 1.82) is 0 Å². The van der Waals surface area contributed by atoms with Crippen LogP contribution in [0.25, 0.3) is 0 Å². The van der Waals surface area contributed by atoms with Crippen molar-refractivity contribution in [3.8, 4) is 0 Å². The van der Waals surface area contributed by atoms with Crippen LogP contribution in [-0.4, -0.2) is 38.3 Å². The molecule has 0 aromatic heterocycles. The van der Waals surface area contributed by atoms with E-state index in [4.69, 9.17) is 0 Å². The Kier molecular flexibility index (Phi) is 1600000. The zero-order valence-electron chi connectivity index (χ0n) is 4.45. The van der Waals surface area contributed by atoms with Gasteiger partial charge in [-0.05, 0) is 0 Å². The van der Waals surface area contributed by atoms with E-state index < -0.39 is 0 Å². The molecule has 0 aromatic rings. The van der Waals surface area contributed by atoms with Gasteiger partial charge in [-0.2, -0.15) is 0 Å².